The predicted octanol–water partition coefficient (Wildman–Crippen LogP) is 9.01. The summed E-state index contributed by atoms with van der Waals surface area (Å²) in [6.45, 7) is 3.33. The molecule has 52 heavy (non-hydrogen) atoms. The summed E-state index contributed by atoms with van der Waals surface area (Å²) in [6.07, 6.45) is 3.58. The molecular formula is C41H37Cl2F2N5O2. The Morgan fingerprint density at radius 1 is 1.08 bits per heavy atom. The van der Waals surface area contributed by atoms with E-state index in [1.807, 2.05) is 17.9 Å². The average molecular weight is 741 g/mol. The molecule has 0 spiro atoms. The van der Waals surface area contributed by atoms with Crippen molar-refractivity contribution < 1.29 is 18.3 Å². The fraction of sp³-hybridized carbons (Fsp3) is 0.390. The van der Waals surface area contributed by atoms with Crippen LogP contribution >= 0.6 is 23.2 Å². The molecule has 1 N–H and O–H groups in total. The molecule has 2 bridgehead atoms. The van der Waals surface area contributed by atoms with Crippen LogP contribution < -0.4 is 5.32 Å². The molecule has 10 rings (SSSR count). The molecule has 3 aromatic carbocycles. The summed E-state index contributed by atoms with van der Waals surface area (Å²) >= 11 is 13.1. The van der Waals surface area contributed by atoms with Crippen molar-refractivity contribution in [3.63, 3.8) is 0 Å². The van der Waals surface area contributed by atoms with Gasteiger partial charge in [0.1, 0.15) is 11.3 Å². The zero-order chi connectivity index (χ0) is 35.8. The number of hydrogen-bond donors (Lipinski definition) is 1. The Morgan fingerprint density at radius 2 is 1.90 bits per heavy atom. The highest BCUT2D eigenvalue weighted by molar-refractivity contribution is 6.43. The molecular weight excluding hydrogens is 703 g/mol. The molecule has 7 nitrogen and oxygen atoms in total. The largest absolute Gasteiger partial charge is 0.371 e. The summed E-state index contributed by atoms with van der Waals surface area (Å²) < 4.78 is 40.4. The molecule has 3 aliphatic heterocycles. The van der Waals surface area contributed by atoms with Crippen molar-refractivity contribution in [2.75, 3.05) is 13.1 Å². The standard InChI is InChI=1S/C41H37Cl2F2N5O2/c1-21-28-17-34(33-16-26(19-49(33)41(51)22-11-12-22)52-20-24-6-2-3-10-31(24)44)50(39-25-15-32(39)47-18-25)40(28)29-14-23(7-5-13-46)35(37(45)38(29)48-21)27-8-4-9-30(42)36(27)43/h2-4,6,8-10,14,17,22,25-26,32-33,39,47H,5,7,11-12,15-16,18-20H2,1H3/t25-,26+,32-,33-,39+/m1/s1. The van der Waals surface area contributed by atoms with Gasteiger partial charge in [-0.1, -0.05) is 53.5 Å². The number of carbonyl (C=O) groups is 1. The molecule has 0 radical (unpaired) electrons. The number of aryl methyl sites for hydroxylation is 2. The van der Waals surface area contributed by atoms with Crippen molar-refractivity contribution in [3.05, 3.63) is 98.8 Å². The monoisotopic (exact) mass is 739 g/mol. The van der Waals surface area contributed by atoms with Gasteiger partial charge in [-0.2, -0.15) is 5.26 Å². The van der Waals surface area contributed by atoms with Gasteiger partial charge in [-0.15, -0.1) is 0 Å². The number of pyridine rings is 1. The van der Waals surface area contributed by atoms with E-state index in [-0.39, 0.29) is 65.4 Å². The normalized spacial score (nSPS) is 23.8. The fourth-order valence-electron chi connectivity index (χ4n) is 8.93. The molecule has 11 heteroatoms. The van der Waals surface area contributed by atoms with Crippen LogP contribution in [0.25, 0.3) is 32.9 Å². The third-order valence-electron chi connectivity index (χ3n) is 11.7. The van der Waals surface area contributed by atoms with Gasteiger partial charge in [0.25, 0.3) is 0 Å². The average Bonchev–Trinajstić information content (AvgIpc) is 3.43. The van der Waals surface area contributed by atoms with Gasteiger partial charge >= 0.3 is 0 Å². The highest BCUT2D eigenvalue weighted by atomic mass is 35.5. The third kappa shape index (κ3) is 5.49. The van der Waals surface area contributed by atoms with E-state index >= 15 is 4.39 Å². The minimum Gasteiger partial charge on any atom is -0.371 e. The lowest BCUT2D eigenvalue weighted by Crippen LogP contribution is -2.41. The summed E-state index contributed by atoms with van der Waals surface area (Å²) in [5, 5.41) is 15.4. The van der Waals surface area contributed by atoms with Crippen LogP contribution in [-0.4, -0.2) is 45.6 Å². The zero-order valence-electron chi connectivity index (χ0n) is 28.6. The van der Waals surface area contributed by atoms with Crippen LogP contribution in [0.1, 0.15) is 66.7 Å². The molecule has 1 amide bonds. The lowest BCUT2D eigenvalue weighted by Gasteiger charge is -2.39. The first-order valence-corrected chi connectivity index (χ1v) is 18.9. The van der Waals surface area contributed by atoms with Crippen molar-refractivity contribution in [2.24, 2.45) is 11.8 Å². The SMILES string of the molecule is Cc1nc2c(F)c(-c3cccc(Cl)c3Cl)c(CCC#N)cc2c2c1cc([C@H]1C[C@H](OCc3ccccc3F)CN1C(=O)C1CC1)n2[C@H]1[C@H]2CN[C@@H]1C2. The molecule has 2 aliphatic carbocycles. The van der Waals surface area contributed by atoms with E-state index in [2.05, 4.69) is 22.0 Å². The Kier molecular flexibility index (Phi) is 8.50. The summed E-state index contributed by atoms with van der Waals surface area (Å²) in [5.74, 6) is -0.298. The van der Waals surface area contributed by atoms with Crippen LogP contribution in [0.4, 0.5) is 8.78 Å². The first-order chi connectivity index (χ1) is 25.2. The molecule has 2 aromatic heterocycles. The molecule has 5 fully saturated rings. The number of nitriles is 1. The van der Waals surface area contributed by atoms with Crippen molar-refractivity contribution in [1.29, 1.82) is 5.26 Å². The molecule has 3 saturated heterocycles. The maximum absolute atomic E-state index is 17.2. The van der Waals surface area contributed by atoms with E-state index in [1.54, 1.807) is 36.4 Å². The van der Waals surface area contributed by atoms with Crippen molar-refractivity contribution in [2.45, 2.75) is 76.3 Å². The van der Waals surface area contributed by atoms with E-state index in [9.17, 15) is 14.4 Å². The number of aromatic nitrogens is 2. The summed E-state index contributed by atoms with van der Waals surface area (Å²) in [6, 6.07) is 18.2. The number of amides is 1. The maximum Gasteiger partial charge on any atom is 0.226 e. The molecule has 2 saturated carbocycles. The van der Waals surface area contributed by atoms with Gasteiger partial charge in [0.05, 0.1) is 46.4 Å². The van der Waals surface area contributed by atoms with Gasteiger partial charge in [0.15, 0.2) is 5.82 Å². The zero-order valence-corrected chi connectivity index (χ0v) is 30.2. The van der Waals surface area contributed by atoms with Gasteiger partial charge < -0.3 is 19.5 Å². The highest BCUT2D eigenvalue weighted by Gasteiger charge is 2.51. The fourth-order valence-corrected chi connectivity index (χ4v) is 9.32. The Labute approximate surface area is 310 Å². The maximum atomic E-state index is 17.2. The van der Waals surface area contributed by atoms with Crippen molar-refractivity contribution >= 4 is 50.9 Å². The van der Waals surface area contributed by atoms with Gasteiger partial charge in [0.2, 0.25) is 5.91 Å². The topological polar surface area (TPSA) is 83.2 Å². The lowest BCUT2D eigenvalue weighted by molar-refractivity contribution is -0.134. The number of ether oxygens (including phenoxy) is 1. The number of rotatable bonds is 9. The number of nitrogens with zero attached hydrogens (tertiary/aromatic N) is 4. The van der Waals surface area contributed by atoms with Crippen LogP contribution in [-0.2, 0) is 22.6 Å². The summed E-state index contributed by atoms with van der Waals surface area (Å²) in [7, 11) is 0. The van der Waals surface area contributed by atoms with E-state index in [4.69, 9.17) is 32.9 Å². The number of carbonyl (C=O) groups excluding carboxylic acids is 1. The number of likely N-dealkylation sites (tertiary alicyclic amines) is 1. The minimum atomic E-state index is -0.503. The van der Waals surface area contributed by atoms with Crippen LogP contribution in [0.15, 0.2) is 54.6 Å². The highest BCUT2D eigenvalue weighted by Crippen LogP contribution is 2.51. The second-order valence-electron chi connectivity index (χ2n) is 14.8. The first kappa shape index (κ1) is 33.7. The molecule has 5 heterocycles. The predicted molar refractivity (Wildman–Crippen MR) is 197 cm³/mol. The molecule has 5 atom stereocenters. The molecule has 266 valence electrons. The van der Waals surface area contributed by atoms with Gasteiger partial charge in [-0.3, -0.25) is 4.79 Å². The van der Waals surface area contributed by atoms with E-state index in [0.29, 0.717) is 63.7 Å². The second kappa shape index (κ2) is 13.1. The van der Waals surface area contributed by atoms with Crippen LogP contribution in [0, 0.1) is 41.7 Å². The molecule has 0 unspecified atom stereocenters. The quantitative estimate of drug-likeness (QED) is 0.163. The van der Waals surface area contributed by atoms with Crippen molar-refractivity contribution in [3.8, 4) is 17.2 Å². The Bertz CT molecular complexity index is 2300. The van der Waals surface area contributed by atoms with Gasteiger partial charge in [-0.05, 0) is 68.4 Å². The van der Waals surface area contributed by atoms with Gasteiger partial charge in [-0.25, -0.2) is 13.8 Å². The number of nitrogens with one attached hydrogen (secondary N) is 1. The number of benzene rings is 3. The number of fused-ring (bicyclic) bond motifs is 4. The lowest BCUT2D eigenvalue weighted by atomic mass is 9.79. The second-order valence-corrected chi connectivity index (χ2v) is 15.6. The van der Waals surface area contributed by atoms with Crippen LogP contribution in [0.2, 0.25) is 10.0 Å². The number of halogens is 4. The Morgan fingerprint density at radius 3 is 2.63 bits per heavy atom. The Hall–Kier alpha value is -4.07. The van der Waals surface area contributed by atoms with E-state index in [0.717, 1.165) is 42.4 Å². The van der Waals surface area contributed by atoms with Gasteiger partial charge in [0, 0.05) is 76.7 Å². The summed E-state index contributed by atoms with van der Waals surface area (Å²) in [5.41, 5.74) is 4.68. The smallest absolute Gasteiger partial charge is 0.226 e. The van der Waals surface area contributed by atoms with E-state index in [1.165, 1.54) is 6.07 Å². The number of hydrogen-bond acceptors (Lipinski definition) is 5. The molecule has 5 aromatic rings. The Balaban J connectivity index is 1.23. The summed E-state index contributed by atoms with van der Waals surface area (Å²) in [4.78, 5) is 20.8. The van der Waals surface area contributed by atoms with E-state index < -0.39 is 5.82 Å². The van der Waals surface area contributed by atoms with Crippen LogP contribution in [0.3, 0.4) is 0 Å². The molecule has 5 aliphatic rings. The van der Waals surface area contributed by atoms with Crippen molar-refractivity contribution in [1.82, 2.24) is 19.8 Å². The first-order valence-electron chi connectivity index (χ1n) is 18.1. The van der Waals surface area contributed by atoms with Crippen LogP contribution in [0.5, 0.6) is 0 Å². The minimum absolute atomic E-state index is 0.00459. The third-order valence-corrected chi connectivity index (χ3v) is 12.5.